The monoisotopic (exact) mass is 826 g/mol. The first-order valence-electron chi connectivity index (χ1n) is 24.0. The zero-order valence-corrected chi connectivity index (χ0v) is 38.2. The molecule has 0 aliphatic carbocycles. The normalized spacial score (nSPS) is 13.7. The van der Waals surface area contributed by atoms with Gasteiger partial charge in [0.15, 0.2) is 0 Å². The molecule has 0 bridgehead atoms. The molecule has 0 fully saturated rings. The Morgan fingerprint density at radius 3 is 1.40 bits per heavy atom. The van der Waals surface area contributed by atoms with Crippen LogP contribution in [0.25, 0.3) is 0 Å². The van der Waals surface area contributed by atoms with Gasteiger partial charge < -0.3 is 20.1 Å². The second-order valence-corrected chi connectivity index (χ2v) is 17.4. The predicted molar refractivity (Wildman–Crippen MR) is 243 cm³/mol. The molecule has 0 rings (SSSR count). The summed E-state index contributed by atoms with van der Waals surface area (Å²) in [4.78, 5) is 22.5. The highest BCUT2D eigenvalue weighted by molar-refractivity contribution is 7.47. The number of carbonyl (C=O) groups is 1. The average Bonchev–Trinajstić information content (AvgIpc) is 3.20. The largest absolute Gasteiger partial charge is 0.472 e. The second-order valence-electron chi connectivity index (χ2n) is 16.0. The van der Waals surface area contributed by atoms with Crippen LogP contribution in [0.2, 0.25) is 0 Å². The van der Waals surface area contributed by atoms with E-state index < -0.39 is 13.9 Å². The van der Waals surface area contributed by atoms with E-state index in [-0.39, 0.29) is 32.3 Å². The number of hydrogen-bond donors (Lipinski definition) is 2. The van der Waals surface area contributed by atoms with Gasteiger partial charge in [-0.05, 0) is 70.6 Å². The number of phosphoric acid groups is 1. The Morgan fingerprint density at radius 1 is 0.526 bits per heavy atom. The molecule has 0 aromatic rings. The van der Waals surface area contributed by atoms with Crippen molar-refractivity contribution >= 4 is 13.8 Å². The lowest BCUT2D eigenvalue weighted by Gasteiger charge is -2.20. The van der Waals surface area contributed by atoms with Crippen LogP contribution in [-0.2, 0) is 27.9 Å². The van der Waals surface area contributed by atoms with Crippen LogP contribution >= 0.6 is 7.82 Å². The number of esters is 1. The van der Waals surface area contributed by atoms with Crippen molar-refractivity contribution in [3.8, 4) is 0 Å². The van der Waals surface area contributed by atoms with Crippen LogP contribution in [0.5, 0.6) is 0 Å². The molecular weight excluding hydrogens is 734 g/mol. The Kier molecular flexibility index (Phi) is 44.8. The average molecular weight is 826 g/mol. The molecule has 0 radical (unpaired) electrons. The standard InChI is InChI=1S/C48H92NO7P/c1-3-5-7-9-11-13-15-17-19-21-23-25-27-29-31-33-35-37-39-41-48(50)56-47(46-55-57(51,52)54-44-42-49)45-53-43-40-38-36-34-32-30-28-26-24-22-20-18-16-14-12-10-8-6-4-2/h14,16-17,19-20,22,47H,3-13,15,18,21,23-46,49H2,1-2H3,(H,51,52)/b16-14-,19-17-,22-20-. The van der Waals surface area contributed by atoms with Crippen molar-refractivity contribution in [2.24, 2.45) is 5.73 Å². The van der Waals surface area contributed by atoms with Crippen molar-refractivity contribution in [2.45, 2.75) is 232 Å². The van der Waals surface area contributed by atoms with E-state index in [2.05, 4.69) is 50.3 Å². The first-order valence-corrected chi connectivity index (χ1v) is 25.5. The number of phosphoric ester groups is 1. The molecule has 8 nitrogen and oxygen atoms in total. The molecular formula is C48H92NO7P. The fourth-order valence-corrected chi connectivity index (χ4v) is 7.49. The Labute approximate surface area is 352 Å². The van der Waals surface area contributed by atoms with Gasteiger partial charge >= 0.3 is 13.8 Å². The van der Waals surface area contributed by atoms with Crippen LogP contribution in [0.1, 0.15) is 226 Å². The van der Waals surface area contributed by atoms with Gasteiger partial charge in [0, 0.05) is 19.6 Å². The van der Waals surface area contributed by atoms with Crippen LogP contribution < -0.4 is 5.73 Å². The molecule has 57 heavy (non-hydrogen) atoms. The molecule has 0 aliphatic rings. The van der Waals surface area contributed by atoms with Crippen LogP contribution in [0.3, 0.4) is 0 Å². The van der Waals surface area contributed by atoms with Gasteiger partial charge in [0.25, 0.3) is 0 Å². The Balaban J connectivity index is 3.98. The molecule has 0 aromatic carbocycles. The summed E-state index contributed by atoms with van der Waals surface area (Å²) in [7, 11) is -4.28. The summed E-state index contributed by atoms with van der Waals surface area (Å²) in [5, 5.41) is 0. The summed E-state index contributed by atoms with van der Waals surface area (Å²) in [5.74, 6) is -0.333. The molecule has 0 spiro atoms. The zero-order chi connectivity index (χ0) is 41.6. The fraction of sp³-hybridized carbons (Fsp3) is 0.854. The van der Waals surface area contributed by atoms with Crippen molar-refractivity contribution in [3.05, 3.63) is 36.5 Å². The molecule has 0 amide bonds. The Bertz CT molecular complexity index is 972. The van der Waals surface area contributed by atoms with Crippen LogP contribution in [0.15, 0.2) is 36.5 Å². The van der Waals surface area contributed by atoms with Crippen molar-refractivity contribution in [1.29, 1.82) is 0 Å². The second kappa shape index (κ2) is 45.8. The van der Waals surface area contributed by atoms with Gasteiger partial charge in [-0.1, -0.05) is 185 Å². The fourth-order valence-electron chi connectivity index (χ4n) is 6.73. The van der Waals surface area contributed by atoms with Gasteiger partial charge in [0.2, 0.25) is 0 Å². The highest BCUT2D eigenvalue weighted by atomic mass is 31.2. The van der Waals surface area contributed by atoms with E-state index in [0.29, 0.717) is 13.0 Å². The van der Waals surface area contributed by atoms with E-state index >= 15 is 0 Å². The number of rotatable bonds is 46. The number of hydrogen-bond acceptors (Lipinski definition) is 7. The molecule has 9 heteroatoms. The number of unbranched alkanes of at least 4 members (excludes halogenated alkanes) is 27. The van der Waals surface area contributed by atoms with E-state index in [4.69, 9.17) is 24.3 Å². The molecule has 0 saturated heterocycles. The van der Waals surface area contributed by atoms with Crippen molar-refractivity contribution in [3.63, 3.8) is 0 Å². The summed E-state index contributed by atoms with van der Waals surface area (Å²) in [6.45, 7) is 4.91. The van der Waals surface area contributed by atoms with E-state index in [1.165, 1.54) is 167 Å². The van der Waals surface area contributed by atoms with E-state index in [1.54, 1.807) is 0 Å². The number of carbonyl (C=O) groups excluding carboxylic acids is 1. The molecule has 3 N–H and O–H groups in total. The van der Waals surface area contributed by atoms with E-state index in [1.807, 2.05) is 0 Å². The summed E-state index contributed by atoms with van der Waals surface area (Å²) in [6.07, 6.45) is 53.1. The molecule has 0 heterocycles. The third kappa shape index (κ3) is 45.7. The molecule has 2 atom stereocenters. The van der Waals surface area contributed by atoms with Crippen molar-refractivity contribution in [1.82, 2.24) is 0 Å². The highest BCUT2D eigenvalue weighted by Gasteiger charge is 2.25. The van der Waals surface area contributed by atoms with Gasteiger partial charge in [0.05, 0.1) is 19.8 Å². The minimum absolute atomic E-state index is 0.0967. The maximum atomic E-state index is 12.6. The highest BCUT2D eigenvalue weighted by Crippen LogP contribution is 2.43. The lowest BCUT2D eigenvalue weighted by molar-refractivity contribution is -0.154. The Morgan fingerprint density at radius 2 is 0.930 bits per heavy atom. The number of allylic oxidation sites excluding steroid dienone is 6. The van der Waals surface area contributed by atoms with Gasteiger partial charge in [-0.3, -0.25) is 13.8 Å². The summed E-state index contributed by atoms with van der Waals surface area (Å²) in [6, 6.07) is 0. The van der Waals surface area contributed by atoms with Crippen molar-refractivity contribution in [2.75, 3.05) is 33.0 Å². The van der Waals surface area contributed by atoms with Crippen LogP contribution in [-0.4, -0.2) is 49.9 Å². The number of ether oxygens (including phenoxy) is 2. The molecule has 336 valence electrons. The third-order valence-corrected chi connectivity index (χ3v) is 11.3. The maximum Gasteiger partial charge on any atom is 0.472 e. The molecule has 0 aliphatic heterocycles. The third-order valence-electron chi connectivity index (χ3n) is 10.3. The topological polar surface area (TPSA) is 117 Å². The smallest absolute Gasteiger partial charge is 0.457 e. The van der Waals surface area contributed by atoms with Gasteiger partial charge in [-0.2, -0.15) is 0 Å². The Hall–Kier alpha value is -1.28. The summed E-state index contributed by atoms with van der Waals surface area (Å²) >= 11 is 0. The molecule has 0 saturated carbocycles. The van der Waals surface area contributed by atoms with Gasteiger partial charge in [-0.15, -0.1) is 0 Å². The van der Waals surface area contributed by atoms with E-state index in [9.17, 15) is 14.3 Å². The first kappa shape index (κ1) is 55.7. The van der Waals surface area contributed by atoms with Crippen LogP contribution in [0.4, 0.5) is 0 Å². The lowest BCUT2D eigenvalue weighted by Crippen LogP contribution is -2.28. The zero-order valence-electron chi connectivity index (χ0n) is 37.3. The predicted octanol–water partition coefficient (Wildman–Crippen LogP) is 14.6. The molecule has 2 unspecified atom stereocenters. The lowest BCUT2D eigenvalue weighted by atomic mass is 10.1. The van der Waals surface area contributed by atoms with Crippen LogP contribution in [0, 0.1) is 0 Å². The maximum absolute atomic E-state index is 12.6. The quantitative estimate of drug-likeness (QED) is 0.0270. The number of nitrogens with two attached hydrogens (primary N) is 1. The van der Waals surface area contributed by atoms with Gasteiger partial charge in [0.1, 0.15) is 6.10 Å². The minimum atomic E-state index is -4.28. The van der Waals surface area contributed by atoms with Gasteiger partial charge in [-0.25, -0.2) is 4.57 Å². The summed E-state index contributed by atoms with van der Waals surface area (Å²) < 4.78 is 33.5. The molecule has 0 aromatic heterocycles. The SMILES string of the molecule is CCCCCC/C=C\C/C=C\CCCCCCCCCCOCC(COP(=O)(O)OCCN)OC(=O)CCCCCCCCCCC/C=C\CCCCCCCC. The minimum Gasteiger partial charge on any atom is -0.457 e. The van der Waals surface area contributed by atoms with Crippen molar-refractivity contribution < 1.29 is 32.8 Å². The first-order chi connectivity index (χ1) is 27.9. The van der Waals surface area contributed by atoms with E-state index in [0.717, 1.165) is 38.5 Å². The summed E-state index contributed by atoms with van der Waals surface area (Å²) in [5.41, 5.74) is 5.38.